The Labute approximate surface area is 169 Å². The zero-order valence-corrected chi connectivity index (χ0v) is 16.3. The number of ether oxygens (including phenoxy) is 1. The summed E-state index contributed by atoms with van der Waals surface area (Å²) >= 11 is 0. The fraction of sp³-hybridized carbons (Fsp3) is 0.421. The van der Waals surface area contributed by atoms with Gasteiger partial charge in [-0.25, -0.2) is 4.39 Å². The largest absolute Gasteiger partial charge is 0.479 e. The first kappa shape index (κ1) is 21.6. The average molecular weight is 428 g/mol. The van der Waals surface area contributed by atoms with Crippen molar-refractivity contribution >= 4 is 17.5 Å². The van der Waals surface area contributed by atoms with Crippen LogP contribution in [0.4, 0.5) is 23.2 Å². The van der Waals surface area contributed by atoms with Crippen LogP contribution in [0.1, 0.15) is 28.8 Å². The molecule has 1 aliphatic rings. The predicted octanol–water partition coefficient (Wildman–Crippen LogP) is 3.08. The number of benzene rings is 1. The van der Waals surface area contributed by atoms with Gasteiger partial charge in [0.05, 0.1) is 12.7 Å². The highest BCUT2D eigenvalue weighted by Gasteiger charge is 2.35. The maximum absolute atomic E-state index is 13.4. The van der Waals surface area contributed by atoms with E-state index in [4.69, 9.17) is 4.74 Å². The highest BCUT2D eigenvalue weighted by molar-refractivity contribution is 5.97. The summed E-state index contributed by atoms with van der Waals surface area (Å²) < 4.78 is 58.4. The van der Waals surface area contributed by atoms with Crippen LogP contribution in [-0.2, 0) is 18.0 Å². The molecule has 2 amide bonds. The second-order valence-corrected chi connectivity index (χ2v) is 6.97. The van der Waals surface area contributed by atoms with Crippen molar-refractivity contribution in [1.82, 2.24) is 14.7 Å². The summed E-state index contributed by atoms with van der Waals surface area (Å²) in [5.74, 6) is -2.42. The van der Waals surface area contributed by atoms with E-state index in [0.29, 0.717) is 43.6 Å². The lowest BCUT2D eigenvalue weighted by Crippen LogP contribution is -2.41. The van der Waals surface area contributed by atoms with E-state index in [0.717, 1.165) is 6.07 Å². The van der Waals surface area contributed by atoms with Crippen molar-refractivity contribution < 1.29 is 31.9 Å². The van der Waals surface area contributed by atoms with Crippen molar-refractivity contribution in [1.29, 1.82) is 0 Å². The van der Waals surface area contributed by atoms with Gasteiger partial charge in [0.25, 0.3) is 5.91 Å². The van der Waals surface area contributed by atoms with Gasteiger partial charge in [-0.3, -0.25) is 14.3 Å². The van der Waals surface area contributed by atoms with Crippen LogP contribution >= 0.6 is 0 Å². The molecule has 0 saturated carbocycles. The van der Waals surface area contributed by atoms with Crippen LogP contribution in [0, 0.1) is 11.7 Å². The van der Waals surface area contributed by atoms with Crippen LogP contribution in [-0.4, -0.2) is 46.7 Å². The molecule has 11 heteroatoms. The van der Waals surface area contributed by atoms with Gasteiger partial charge >= 0.3 is 6.18 Å². The summed E-state index contributed by atoms with van der Waals surface area (Å²) in [6.45, 7) is 0.596. The molecule has 0 aliphatic carbocycles. The molecule has 0 spiro atoms. The second-order valence-electron chi connectivity index (χ2n) is 6.97. The normalized spacial score (nSPS) is 15.2. The Hall–Kier alpha value is -3.11. The van der Waals surface area contributed by atoms with Crippen molar-refractivity contribution in [2.45, 2.75) is 19.0 Å². The number of aromatic nitrogens is 2. The number of carbonyl (C=O) groups is 2. The van der Waals surface area contributed by atoms with Crippen molar-refractivity contribution in [3.8, 4) is 5.88 Å². The number of carbonyl (C=O) groups excluding carboxylic acids is 2. The van der Waals surface area contributed by atoms with Gasteiger partial charge in [0.1, 0.15) is 11.4 Å². The van der Waals surface area contributed by atoms with Crippen molar-refractivity contribution in [2.24, 2.45) is 13.0 Å². The summed E-state index contributed by atoms with van der Waals surface area (Å²) in [5.41, 5.74) is -1.26. The molecule has 2 aromatic rings. The van der Waals surface area contributed by atoms with Crippen LogP contribution in [0.3, 0.4) is 0 Å². The molecule has 3 rings (SSSR count). The van der Waals surface area contributed by atoms with Gasteiger partial charge in [0, 0.05) is 37.9 Å². The fourth-order valence-electron chi connectivity index (χ4n) is 3.35. The highest BCUT2D eigenvalue weighted by atomic mass is 19.4. The number of hydrogen-bond donors (Lipinski definition) is 1. The maximum Gasteiger partial charge on any atom is 0.419 e. The van der Waals surface area contributed by atoms with Gasteiger partial charge in [-0.1, -0.05) is 0 Å². The third-order valence-electron chi connectivity index (χ3n) is 4.91. The Balaban J connectivity index is 1.61. The molecule has 162 valence electrons. The molecule has 30 heavy (non-hydrogen) atoms. The van der Waals surface area contributed by atoms with E-state index in [-0.39, 0.29) is 17.5 Å². The van der Waals surface area contributed by atoms with E-state index in [9.17, 15) is 27.2 Å². The molecule has 1 aromatic carbocycles. The molecule has 1 fully saturated rings. The minimum atomic E-state index is -4.86. The maximum atomic E-state index is 13.4. The number of likely N-dealkylation sites (tertiary alicyclic amines) is 1. The third-order valence-corrected chi connectivity index (χ3v) is 4.91. The molecular formula is C19H20F4N4O3. The van der Waals surface area contributed by atoms with Crippen molar-refractivity contribution in [3.63, 3.8) is 0 Å². The van der Waals surface area contributed by atoms with Gasteiger partial charge in [-0.05, 0) is 31.0 Å². The van der Waals surface area contributed by atoms with Gasteiger partial charge in [0.2, 0.25) is 11.8 Å². The summed E-state index contributed by atoms with van der Waals surface area (Å²) in [5, 5.41) is 6.45. The zero-order valence-electron chi connectivity index (χ0n) is 16.3. The summed E-state index contributed by atoms with van der Waals surface area (Å²) in [6.07, 6.45) is -2.63. The molecule has 1 saturated heterocycles. The Kier molecular flexibility index (Phi) is 5.99. The molecule has 0 radical (unpaired) electrons. The van der Waals surface area contributed by atoms with Crippen LogP contribution < -0.4 is 10.1 Å². The molecular weight excluding hydrogens is 408 g/mol. The highest BCUT2D eigenvalue weighted by Crippen LogP contribution is 2.33. The summed E-state index contributed by atoms with van der Waals surface area (Å²) in [4.78, 5) is 26.7. The first-order valence-electron chi connectivity index (χ1n) is 9.14. The molecule has 0 unspecified atom stereocenters. The van der Waals surface area contributed by atoms with E-state index in [1.165, 1.54) is 11.8 Å². The minimum Gasteiger partial charge on any atom is -0.479 e. The number of alkyl halides is 3. The lowest BCUT2D eigenvalue weighted by molar-refractivity contribution is -0.140. The van der Waals surface area contributed by atoms with E-state index in [1.54, 1.807) is 18.1 Å². The van der Waals surface area contributed by atoms with Crippen molar-refractivity contribution in [3.05, 3.63) is 41.3 Å². The van der Waals surface area contributed by atoms with Gasteiger partial charge < -0.3 is 15.0 Å². The lowest BCUT2D eigenvalue weighted by atomic mass is 9.95. The number of amides is 2. The third kappa shape index (κ3) is 4.55. The van der Waals surface area contributed by atoms with E-state index in [1.807, 2.05) is 0 Å². The topological polar surface area (TPSA) is 76.5 Å². The standard InChI is InChI=1S/C19H20F4N4O3/c1-26-10-13(17(25-26)30-2)18(29)27-7-5-11(6-8-27)16(28)24-12-3-4-15(20)14(9-12)19(21,22)23/h3-4,9-11H,5-8H2,1-2H3,(H,24,28). The van der Waals surface area contributed by atoms with Crippen molar-refractivity contribution in [2.75, 3.05) is 25.5 Å². The monoisotopic (exact) mass is 428 g/mol. The molecule has 1 aliphatic heterocycles. The first-order valence-corrected chi connectivity index (χ1v) is 9.14. The lowest BCUT2D eigenvalue weighted by Gasteiger charge is -2.31. The molecule has 2 heterocycles. The molecule has 0 atom stereocenters. The van der Waals surface area contributed by atoms with Crippen LogP contribution in [0.15, 0.2) is 24.4 Å². The van der Waals surface area contributed by atoms with E-state index in [2.05, 4.69) is 10.4 Å². The number of nitrogens with one attached hydrogen (secondary N) is 1. The van der Waals surface area contributed by atoms with Crippen LogP contribution in [0.25, 0.3) is 0 Å². The second kappa shape index (κ2) is 8.33. The van der Waals surface area contributed by atoms with E-state index < -0.39 is 29.4 Å². The Morgan fingerprint density at radius 3 is 2.50 bits per heavy atom. The SMILES string of the molecule is COc1nn(C)cc1C(=O)N1CCC(C(=O)Nc2ccc(F)c(C(F)(F)F)c2)CC1. The predicted molar refractivity (Wildman–Crippen MR) is 98.4 cm³/mol. The van der Waals surface area contributed by atoms with Crippen LogP contribution in [0.2, 0.25) is 0 Å². The van der Waals surface area contributed by atoms with Gasteiger partial charge in [-0.15, -0.1) is 5.10 Å². The number of nitrogens with zero attached hydrogens (tertiary/aromatic N) is 3. The Morgan fingerprint density at radius 1 is 1.23 bits per heavy atom. The Morgan fingerprint density at radius 2 is 1.90 bits per heavy atom. The number of piperidine rings is 1. The molecule has 1 N–H and O–H groups in total. The zero-order chi connectivity index (χ0) is 22.1. The number of rotatable bonds is 4. The minimum absolute atomic E-state index is 0.132. The number of aryl methyl sites for hydroxylation is 1. The van der Waals surface area contributed by atoms with Gasteiger partial charge in [-0.2, -0.15) is 13.2 Å². The smallest absolute Gasteiger partial charge is 0.419 e. The number of halogens is 4. The molecule has 0 bridgehead atoms. The first-order chi connectivity index (χ1) is 14.1. The quantitative estimate of drug-likeness (QED) is 0.760. The summed E-state index contributed by atoms with van der Waals surface area (Å²) in [7, 11) is 3.07. The average Bonchev–Trinajstić information content (AvgIpc) is 3.09. The summed E-state index contributed by atoms with van der Waals surface area (Å²) in [6, 6.07) is 2.32. The van der Waals surface area contributed by atoms with E-state index >= 15 is 0 Å². The molecule has 7 nitrogen and oxygen atoms in total. The fourth-order valence-corrected chi connectivity index (χ4v) is 3.35. The number of anilines is 1. The number of methoxy groups -OCH3 is 1. The number of hydrogen-bond acceptors (Lipinski definition) is 4. The van der Waals surface area contributed by atoms with Gasteiger partial charge in [0.15, 0.2) is 0 Å². The molecule has 1 aromatic heterocycles. The van der Waals surface area contributed by atoms with Crippen LogP contribution in [0.5, 0.6) is 5.88 Å². The Bertz CT molecular complexity index is 950.